The number of halogens is 1. The fourth-order valence-electron chi connectivity index (χ4n) is 3.11. The number of hydrogen-bond donors (Lipinski definition) is 3. The molecular formula is C20H26ClN5O6S. The molecule has 0 aliphatic rings. The fourth-order valence-corrected chi connectivity index (χ4v) is 4.59. The van der Waals surface area contributed by atoms with Crippen molar-refractivity contribution in [2.45, 2.75) is 38.6 Å². The highest BCUT2D eigenvalue weighted by molar-refractivity contribution is 7.89. The Morgan fingerprint density at radius 3 is 2.45 bits per heavy atom. The standard InChI is InChI=1S/C20H26ClN5O6S/c1-11-7-10-14(31-11)17(20(2,3)4)23-19-18(24-32-26(19)28)22-13-9-8-12(21)16(15(13)27)33(29,30)25(5)6/h7-10,17,23,27H,1-6H3,(H,22,24)/t17-/m0/s1. The number of hydrogen-bond acceptors (Lipinski definition) is 9. The van der Waals surface area contributed by atoms with Crippen LogP contribution in [0.2, 0.25) is 5.02 Å². The monoisotopic (exact) mass is 499 g/mol. The molecule has 0 bridgehead atoms. The number of aromatic nitrogens is 2. The highest BCUT2D eigenvalue weighted by Gasteiger charge is 2.35. The predicted octanol–water partition coefficient (Wildman–Crippen LogP) is 3.76. The van der Waals surface area contributed by atoms with Crippen molar-refractivity contribution in [2.75, 3.05) is 24.7 Å². The van der Waals surface area contributed by atoms with Gasteiger partial charge in [0.05, 0.1) is 10.7 Å². The molecule has 11 nitrogen and oxygen atoms in total. The lowest BCUT2D eigenvalue weighted by Gasteiger charge is -2.27. The molecule has 0 aliphatic carbocycles. The van der Waals surface area contributed by atoms with Gasteiger partial charge in [-0.25, -0.2) is 12.7 Å². The summed E-state index contributed by atoms with van der Waals surface area (Å²) in [6.45, 7) is 7.69. The minimum Gasteiger partial charge on any atom is -0.504 e. The lowest BCUT2D eigenvalue weighted by molar-refractivity contribution is -0.791. The summed E-state index contributed by atoms with van der Waals surface area (Å²) in [5.74, 6) is 0.515. The summed E-state index contributed by atoms with van der Waals surface area (Å²) in [6.07, 6.45) is 0. The Kier molecular flexibility index (Phi) is 6.55. The number of rotatable bonds is 7. The second-order valence-corrected chi connectivity index (χ2v) is 11.2. The van der Waals surface area contributed by atoms with E-state index in [9.17, 15) is 18.7 Å². The average molecular weight is 500 g/mol. The average Bonchev–Trinajstić information content (AvgIpc) is 3.26. The Labute approximate surface area is 196 Å². The number of sulfonamides is 1. The van der Waals surface area contributed by atoms with Crippen molar-refractivity contribution in [3.8, 4) is 5.75 Å². The van der Waals surface area contributed by atoms with E-state index < -0.39 is 26.7 Å². The van der Waals surface area contributed by atoms with Crippen molar-refractivity contribution in [3.63, 3.8) is 0 Å². The minimum absolute atomic E-state index is 0.0436. The molecule has 3 rings (SSSR count). The van der Waals surface area contributed by atoms with E-state index >= 15 is 0 Å². The molecule has 0 saturated heterocycles. The molecule has 180 valence electrons. The third kappa shape index (κ3) is 4.87. The minimum atomic E-state index is -4.06. The van der Waals surface area contributed by atoms with Crippen LogP contribution in [0.5, 0.6) is 5.75 Å². The first-order valence-electron chi connectivity index (χ1n) is 9.87. The van der Waals surface area contributed by atoms with Gasteiger partial charge >= 0.3 is 11.6 Å². The van der Waals surface area contributed by atoms with Crippen molar-refractivity contribution in [1.82, 2.24) is 9.46 Å². The van der Waals surface area contributed by atoms with Gasteiger partial charge in [-0.1, -0.05) is 37.3 Å². The lowest BCUT2D eigenvalue weighted by atomic mass is 9.85. The number of benzene rings is 1. The summed E-state index contributed by atoms with van der Waals surface area (Å²) in [6, 6.07) is 5.83. The van der Waals surface area contributed by atoms with E-state index in [2.05, 4.69) is 15.8 Å². The number of nitrogens with one attached hydrogen (secondary N) is 2. The molecule has 1 aromatic carbocycles. The smallest absolute Gasteiger partial charge is 0.320 e. The topological polar surface area (TPSA) is 148 Å². The summed E-state index contributed by atoms with van der Waals surface area (Å²) in [5, 5.41) is 32.4. The van der Waals surface area contributed by atoms with E-state index in [4.69, 9.17) is 20.6 Å². The fraction of sp³-hybridized carbons (Fsp3) is 0.400. The Hall–Kier alpha value is -2.96. The van der Waals surface area contributed by atoms with E-state index in [1.807, 2.05) is 33.8 Å². The number of aromatic hydroxyl groups is 1. The summed E-state index contributed by atoms with van der Waals surface area (Å²) < 4.78 is 36.6. The van der Waals surface area contributed by atoms with Crippen molar-refractivity contribution in [3.05, 3.63) is 46.0 Å². The largest absolute Gasteiger partial charge is 0.504 e. The number of nitrogens with zero attached hydrogens (tertiary/aromatic N) is 3. The number of anilines is 3. The summed E-state index contributed by atoms with van der Waals surface area (Å²) in [5.41, 5.74) is -0.431. The first-order chi connectivity index (χ1) is 15.2. The highest BCUT2D eigenvalue weighted by Crippen LogP contribution is 2.41. The quantitative estimate of drug-likeness (QED) is 0.326. The second kappa shape index (κ2) is 8.76. The Morgan fingerprint density at radius 1 is 1.24 bits per heavy atom. The van der Waals surface area contributed by atoms with Crippen LogP contribution in [0.1, 0.15) is 38.3 Å². The van der Waals surface area contributed by atoms with E-state index in [0.717, 1.165) is 4.31 Å². The molecule has 1 atom stereocenters. The maximum absolute atomic E-state index is 12.6. The molecule has 0 aliphatic heterocycles. The summed E-state index contributed by atoms with van der Waals surface area (Å²) >= 11 is 6.05. The van der Waals surface area contributed by atoms with Gasteiger partial charge < -0.3 is 24.7 Å². The second-order valence-electron chi connectivity index (χ2n) is 8.70. The lowest BCUT2D eigenvalue weighted by Crippen LogP contribution is -2.33. The van der Waals surface area contributed by atoms with Gasteiger partial charge in [-0.2, -0.15) is 0 Å². The maximum atomic E-state index is 12.6. The zero-order valence-electron chi connectivity index (χ0n) is 19.0. The molecule has 3 N–H and O–H groups in total. The van der Waals surface area contributed by atoms with Crippen molar-refractivity contribution in [1.29, 1.82) is 0 Å². The van der Waals surface area contributed by atoms with E-state index in [1.54, 1.807) is 6.07 Å². The molecule has 0 amide bonds. The third-order valence-electron chi connectivity index (χ3n) is 4.88. The zero-order chi connectivity index (χ0) is 24.7. The number of furan rings is 1. The van der Waals surface area contributed by atoms with Crippen molar-refractivity contribution in [2.24, 2.45) is 5.41 Å². The molecule has 33 heavy (non-hydrogen) atoms. The van der Waals surface area contributed by atoms with Crippen molar-refractivity contribution >= 4 is 38.9 Å². The molecule has 2 aromatic heterocycles. The van der Waals surface area contributed by atoms with Gasteiger partial charge in [0, 0.05) is 19.5 Å². The van der Waals surface area contributed by atoms with Gasteiger partial charge in [0.25, 0.3) is 0 Å². The molecule has 0 spiro atoms. The van der Waals surface area contributed by atoms with Crippen LogP contribution in [-0.2, 0) is 10.0 Å². The van der Waals surface area contributed by atoms with Crippen molar-refractivity contribution < 1.29 is 27.5 Å². The van der Waals surface area contributed by atoms with Crippen LogP contribution in [0.15, 0.2) is 38.2 Å². The molecule has 0 unspecified atom stereocenters. The van der Waals surface area contributed by atoms with Gasteiger partial charge in [-0.3, -0.25) is 5.32 Å². The van der Waals surface area contributed by atoms with Crippen LogP contribution in [0.4, 0.5) is 17.3 Å². The van der Waals surface area contributed by atoms with Crippen LogP contribution in [0, 0.1) is 17.5 Å². The molecule has 0 radical (unpaired) electrons. The highest BCUT2D eigenvalue weighted by atomic mass is 35.5. The van der Waals surface area contributed by atoms with Crippen LogP contribution >= 0.6 is 11.6 Å². The normalized spacial score (nSPS) is 13.3. The number of phenolic OH excluding ortho intramolecular Hbond substituents is 1. The first kappa shape index (κ1) is 24.7. The zero-order valence-corrected chi connectivity index (χ0v) is 20.6. The van der Waals surface area contributed by atoms with Crippen LogP contribution < -0.4 is 15.5 Å². The molecule has 2 heterocycles. The van der Waals surface area contributed by atoms with Crippen LogP contribution in [-0.4, -0.2) is 37.1 Å². The molecule has 3 aromatic rings. The molecule has 0 fully saturated rings. The van der Waals surface area contributed by atoms with Crippen LogP contribution in [0.25, 0.3) is 0 Å². The number of phenols is 1. The summed E-state index contributed by atoms with van der Waals surface area (Å²) in [4.78, 5) is -0.313. The van der Waals surface area contributed by atoms with Gasteiger partial charge in [0.15, 0.2) is 5.75 Å². The van der Waals surface area contributed by atoms with Gasteiger partial charge in [0.2, 0.25) is 10.0 Å². The molecule has 0 saturated carbocycles. The van der Waals surface area contributed by atoms with E-state index in [1.165, 1.54) is 26.2 Å². The number of aryl methyl sites for hydroxylation is 1. The first-order valence-corrected chi connectivity index (χ1v) is 11.7. The Morgan fingerprint density at radius 2 is 1.91 bits per heavy atom. The van der Waals surface area contributed by atoms with Gasteiger partial charge in [-0.15, -0.1) is 0 Å². The predicted molar refractivity (Wildman–Crippen MR) is 122 cm³/mol. The molecular weight excluding hydrogens is 474 g/mol. The Bertz CT molecular complexity index is 1260. The maximum Gasteiger partial charge on any atom is 0.320 e. The molecule has 13 heteroatoms. The van der Waals surface area contributed by atoms with E-state index in [-0.39, 0.29) is 32.7 Å². The van der Waals surface area contributed by atoms with Gasteiger partial charge in [-0.05, 0) is 36.3 Å². The van der Waals surface area contributed by atoms with Gasteiger partial charge in [0.1, 0.15) is 22.5 Å². The van der Waals surface area contributed by atoms with E-state index in [0.29, 0.717) is 11.5 Å². The Balaban J connectivity index is 2.02. The third-order valence-corrected chi connectivity index (χ3v) is 7.20. The van der Waals surface area contributed by atoms with Crippen LogP contribution in [0.3, 0.4) is 0 Å². The SMILES string of the molecule is Cc1ccc([C@H](Nc2c(Nc3ccc(Cl)c(S(=O)(=O)N(C)C)c3O)no[n+]2[O-])C(C)(C)C)o1. The summed E-state index contributed by atoms with van der Waals surface area (Å²) in [7, 11) is -1.43.